The number of nitrogens with one attached hydrogen (secondary N) is 2. The Hall–Kier alpha value is -1.93. The molecule has 2 aliphatic rings. The van der Waals surface area contributed by atoms with Crippen LogP contribution in [0.15, 0.2) is 24.3 Å². The van der Waals surface area contributed by atoms with E-state index in [-0.39, 0.29) is 35.4 Å². The van der Waals surface area contributed by atoms with Crippen LogP contribution in [-0.2, 0) is 21.2 Å². The summed E-state index contributed by atoms with van der Waals surface area (Å²) in [5, 5.41) is 2.59. The summed E-state index contributed by atoms with van der Waals surface area (Å²) in [4.78, 5) is 27.4. The van der Waals surface area contributed by atoms with Gasteiger partial charge in [-0.2, -0.15) is 0 Å². The third-order valence-corrected chi connectivity index (χ3v) is 6.98. The van der Waals surface area contributed by atoms with Gasteiger partial charge in [-0.05, 0) is 31.4 Å². The first kappa shape index (κ1) is 19.8. The van der Waals surface area contributed by atoms with Crippen molar-refractivity contribution in [3.63, 3.8) is 0 Å². The standard InChI is InChI=1S/C19H27N3O4S/c1-20-19(24)15-5-3-14(4-6-15)11-21(2)12-18(23)22(16-7-8-16)17-9-10-27(25,26)13-17/h3-6,16-17H,7-13H2,1-2H3,(H,20,24)/p+1/t17-/m0/s1. The molecule has 27 heavy (non-hydrogen) atoms. The van der Waals surface area contributed by atoms with Crippen molar-refractivity contribution in [1.82, 2.24) is 10.2 Å². The Morgan fingerprint density at radius 2 is 1.81 bits per heavy atom. The van der Waals surface area contributed by atoms with Gasteiger partial charge in [-0.1, -0.05) is 12.1 Å². The molecule has 0 spiro atoms. The number of nitrogens with zero attached hydrogens (tertiary/aromatic N) is 1. The van der Waals surface area contributed by atoms with Gasteiger partial charge in [0, 0.05) is 30.3 Å². The summed E-state index contributed by atoms with van der Waals surface area (Å²) in [6.07, 6.45) is 2.51. The maximum absolute atomic E-state index is 12.9. The number of quaternary nitrogens is 1. The number of hydrogen-bond donors (Lipinski definition) is 2. The molecule has 2 N–H and O–H groups in total. The maximum atomic E-state index is 12.9. The van der Waals surface area contributed by atoms with Crippen LogP contribution in [0.2, 0.25) is 0 Å². The average molecular weight is 395 g/mol. The highest BCUT2D eigenvalue weighted by Gasteiger charge is 2.42. The van der Waals surface area contributed by atoms with Crippen LogP contribution < -0.4 is 10.2 Å². The summed E-state index contributed by atoms with van der Waals surface area (Å²) < 4.78 is 23.6. The molecular formula is C19H28N3O4S+. The first-order valence-electron chi connectivity index (χ1n) is 9.43. The predicted octanol–water partition coefficient (Wildman–Crippen LogP) is -0.761. The van der Waals surface area contributed by atoms with Crippen molar-refractivity contribution in [3.8, 4) is 0 Å². The highest BCUT2D eigenvalue weighted by molar-refractivity contribution is 7.91. The van der Waals surface area contributed by atoms with Gasteiger partial charge in [-0.25, -0.2) is 8.42 Å². The molecule has 2 amide bonds. The van der Waals surface area contributed by atoms with Gasteiger partial charge < -0.3 is 15.1 Å². The number of benzene rings is 1. The van der Waals surface area contributed by atoms with Crippen LogP contribution >= 0.6 is 0 Å². The molecule has 1 saturated carbocycles. The Balaban J connectivity index is 1.58. The summed E-state index contributed by atoms with van der Waals surface area (Å²) in [5.74, 6) is 0.215. The van der Waals surface area contributed by atoms with E-state index in [1.54, 1.807) is 19.2 Å². The Bertz CT molecular complexity index is 803. The lowest BCUT2D eigenvalue weighted by Gasteiger charge is -2.29. The zero-order chi connectivity index (χ0) is 19.6. The maximum Gasteiger partial charge on any atom is 0.278 e. The molecule has 1 unspecified atom stereocenters. The summed E-state index contributed by atoms with van der Waals surface area (Å²) in [6.45, 7) is 1.01. The second-order valence-corrected chi connectivity index (χ2v) is 9.90. The smallest absolute Gasteiger partial charge is 0.278 e. The van der Waals surface area contributed by atoms with E-state index in [2.05, 4.69) is 5.32 Å². The molecule has 0 aromatic heterocycles. The molecule has 2 fully saturated rings. The molecular weight excluding hydrogens is 366 g/mol. The lowest BCUT2D eigenvalue weighted by molar-refractivity contribution is -0.885. The summed E-state index contributed by atoms with van der Waals surface area (Å²) in [7, 11) is 0.554. The number of hydrogen-bond acceptors (Lipinski definition) is 4. The van der Waals surface area contributed by atoms with Gasteiger partial charge >= 0.3 is 0 Å². The second kappa shape index (κ2) is 7.98. The number of carbonyl (C=O) groups is 2. The van der Waals surface area contributed by atoms with Crippen molar-refractivity contribution in [2.24, 2.45) is 0 Å². The Labute approximate surface area is 160 Å². The SMILES string of the molecule is CNC(=O)c1ccc(C[NH+](C)CC(=O)N(C2CC2)[C@H]2CCS(=O)(=O)C2)cc1. The summed E-state index contributed by atoms with van der Waals surface area (Å²) >= 11 is 0. The van der Waals surface area contributed by atoms with Crippen LogP contribution in [-0.4, -0.2) is 69.4 Å². The largest absolute Gasteiger partial charge is 0.355 e. The highest BCUT2D eigenvalue weighted by atomic mass is 32.2. The van der Waals surface area contributed by atoms with Gasteiger partial charge in [0.2, 0.25) is 0 Å². The number of likely N-dealkylation sites (N-methyl/N-ethyl adjacent to an activating group) is 1. The quantitative estimate of drug-likeness (QED) is 0.636. The monoisotopic (exact) mass is 394 g/mol. The fraction of sp³-hybridized carbons (Fsp3) is 0.579. The van der Waals surface area contributed by atoms with E-state index in [9.17, 15) is 18.0 Å². The number of sulfone groups is 1. The first-order valence-corrected chi connectivity index (χ1v) is 11.2. The number of carbonyl (C=O) groups excluding carboxylic acids is 2. The van der Waals surface area contributed by atoms with E-state index < -0.39 is 9.84 Å². The fourth-order valence-electron chi connectivity index (χ4n) is 3.73. The summed E-state index contributed by atoms with van der Waals surface area (Å²) in [6, 6.07) is 7.43. The minimum absolute atomic E-state index is 0.0408. The fourth-order valence-corrected chi connectivity index (χ4v) is 5.44. The van der Waals surface area contributed by atoms with Crippen LogP contribution in [0.4, 0.5) is 0 Å². The summed E-state index contributed by atoms with van der Waals surface area (Å²) in [5.41, 5.74) is 1.66. The van der Waals surface area contributed by atoms with Crippen molar-refractivity contribution in [1.29, 1.82) is 0 Å². The van der Waals surface area contributed by atoms with Crippen LogP contribution in [0.3, 0.4) is 0 Å². The topological polar surface area (TPSA) is 88.0 Å². The molecule has 3 rings (SSSR count). The van der Waals surface area contributed by atoms with E-state index in [0.717, 1.165) is 23.3 Å². The highest BCUT2D eigenvalue weighted by Crippen LogP contribution is 2.32. The van der Waals surface area contributed by atoms with Crippen LogP contribution in [0.1, 0.15) is 35.2 Å². The van der Waals surface area contributed by atoms with Crippen LogP contribution in [0.5, 0.6) is 0 Å². The van der Waals surface area contributed by atoms with Crippen molar-refractivity contribution in [3.05, 3.63) is 35.4 Å². The molecule has 148 valence electrons. The number of amides is 2. The van der Waals surface area contributed by atoms with Gasteiger partial charge in [0.15, 0.2) is 16.4 Å². The van der Waals surface area contributed by atoms with Gasteiger partial charge in [-0.3, -0.25) is 9.59 Å². The van der Waals surface area contributed by atoms with Gasteiger partial charge in [0.25, 0.3) is 11.8 Å². The molecule has 1 heterocycles. The third-order valence-electron chi connectivity index (χ3n) is 5.23. The Morgan fingerprint density at radius 3 is 2.33 bits per heavy atom. The molecule has 7 nitrogen and oxygen atoms in total. The molecule has 1 aromatic carbocycles. The van der Waals surface area contributed by atoms with Crippen molar-refractivity contribution in [2.45, 2.75) is 37.9 Å². The Kier molecular flexibility index (Phi) is 5.86. The third kappa shape index (κ3) is 5.07. The van der Waals surface area contributed by atoms with Crippen molar-refractivity contribution >= 4 is 21.7 Å². The minimum atomic E-state index is -3.00. The van der Waals surface area contributed by atoms with Gasteiger partial charge in [-0.15, -0.1) is 0 Å². The predicted molar refractivity (Wildman–Crippen MR) is 102 cm³/mol. The molecule has 8 heteroatoms. The average Bonchev–Trinajstić information content (AvgIpc) is 3.38. The van der Waals surface area contributed by atoms with E-state index in [1.165, 1.54) is 0 Å². The molecule has 0 radical (unpaired) electrons. The second-order valence-electron chi connectivity index (χ2n) is 7.68. The molecule has 1 aliphatic heterocycles. The van der Waals surface area contributed by atoms with Gasteiger partial charge in [0.1, 0.15) is 6.54 Å². The molecule has 1 saturated heterocycles. The number of rotatable bonds is 7. The van der Waals surface area contributed by atoms with Crippen molar-refractivity contribution < 1.29 is 22.9 Å². The molecule has 1 aromatic rings. The first-order chi connectivity index (χ1) is 12.8. The van der Waals surface area contributed by atoms with E-state index in [4.69, 9.17) is 0 Å². The Morgan fingerprint density at radius 1 is 1.15 bits per heavy atom. The molecule has 2 atom stereocenters. The lowest BCUT2D eigenvalue weighted by atomic mass is 10.1. The van der Waals surface area contributed by atoms with Crippen LogP contribution in [0.25, 0.3) is 0 Å². The minimum Gasteiger partial charge on any atom is -0.355 e. The lowest BCUT2D eigenvalue weighted by Crippen LogP contribution is -3.09. The zero-order valence-corrected chi connectivity index (χ0v) is 16.7. The van der Waals surface area contributed by atoms with Gasteiger partial charge in [0.05, 0.1) is 18.6 Å². The molecule has 1 aliphatic carbocycles. The van der Waals surface area contributed by atoms with E-state index >= 15 is 0 Å². The van der Waals surface area contributed by atoms with Crippen molar-refractivity contribution in [2.75, 3.05) is 32.1 Å². The molecule has 0 bridgehead atoms. The van der Waals surface area contributed by atoms with E-state index in [1.807, 2.05) is 24.1 Å². The van der Waals surface area contributed by atoms with Crippen LogP contribution in [0, 0.1) is 0 Å². The zero-order valence-electron chi connectivity index (χ0n) is 15.9. The normalized spacial score (nSPS) is 22.2. The van der Waals surface area contributed by atoms with E-state index in [0.29, 0.717) is 25.1 Å².